The minimum Gasteiger partial charge on any atom is -0.493 e. The Morgan fingerprint density at radius 2 is 1.82 bits per heavy atom. The van der Waals surface area contributed by atoms with Crippen molar-refractivity contribution in [3.05, 3.63) is 17.4 Å². The maximum Gasteiger partial charge on any atom is 0.184 e. The number of hydrogen-bond acceptors (Lipinski definition) is 4. The topological polar surface area (TPSA) is 68.3 Å². The van der Waals surface area contributed by atoms with Gasteiger partial charge >= 0.3 is 0 Å². The number of rotatable bonds is 3. The monoisotopic (exact) mass is 242 g/mol. The number of halogens is 1. The first-order valence-electron chi connectivity index (χ1n) is 5.28. The number of anilines is 1. The highest BCUT2D eigenvalue weighted by atomic mass is 19.1. The number of nitrogens with two attached hydrogens (primary N) is 1. The molecular formula is C12H19FN2O2. The van der Waals surface area contributed by atoms with Crippen molar-refractivity contribution in [3.8, 4) is 11.5 Å². The Bertz CT molecular complexity index is 406. The molecule has 0 bridgehead atoms. The van der Waals surface area contributed by atoms with Crippen LogP contribution in [0.2, 0.25) is 0 Å². The predicted molar refractivity (Wildman–Crippen MR) is 67.8 cm³/mol. The molecule has 0 aliphatic rings. The average molecular weight is 242 g/mol. The predicted octanol–water partition coefficient (Wildman–Crippen LogP) is 2.84. The van der Waals surface area contributed by atoms with Gasteiger partial charge in [0, 0.05) is 11.8 Å². The van der Waals surface area contributed by atoms with Gasteiger partial charge in [0.05, 0.1) is 25.5 Å². The third-order valence-corrected chi connectivity index (χ3v) is 2.03. The van der Waals surface area contributed by atoms with E-state index in [4.69, 9.17) is 20.6 Å². The number of hydrogen-bond donors (Lipinski definition) is 2. The first kappa shape index (κ1) is 15.2. The highest BCUT2D eigenvalue weighted by molar-refractivity contribution is 6.02. The molecule has 0 unspecified atom stereocenters. The second-order valence-electron chi connectivity index (χ2n) is 3.01. The molecule has 4 nitrogen and oxygen atoms in total. The summed E-state index contributed by atoms with van der Waals surface area (Å²) < 4.78 is 23.4. The molecule has 96 valence electrons. The van der Waals surface area contributed by atoms with Gasteiger partial charge < -0.3 is 20.6 Å². The Hall–Kier alpha value is -1.78. The molecule has 0 saturated carbocycles. The van der Waals surface area contributed by atoms with Crippen LogP contribution in [0, 0.1) is 11.2 Å². The minimum atomic E-state index is -0.586. The lowest BCUT2D eigenvalue weighted by atomic mass is 10.1. The average Bonchev–Trinajstić information content (AvgIpc) is 2.30. The van der Waals surface area contributed by atoms with E-state index in [-0.39, 0.29) is 28.5 Å². The summed E-state index contributed by atoms with van der Waals surface area (Å²) in [5, 5.41) is 7.40. The van der Waals surface area contributed by atoms with Crippen LogP contribution in [0.1, 0.15) is 26.3 Å². The van der Waals surface area contributed by atoms with Crippen LogP contribution in [-0.2, 0) is 0 Å². The lowest BCUT2D eigenvalue weighted by Gasteiger charge is -2.14. The molecule has 0 spiro atoms. The van der Waals surface area contributed by atoms with Crippen molar-refractivity contribution >= 4 is 11.4 Å². The summed E-state index contributed by atoms with van der Waals surface area (Å²) in [4.78, 5) is 0. The smallest absolute Gasteiger partial charge is 0.184 e. The van der Waals surface area contributed by atoms with Gasteiger partial charge in [0.1, 0.15) is 5.82 Å². The van der Waals surface area contributed by atoms with Crippen molar-refractivity contribution in [1.82, 2.24) is 0 Å². The van der Waals surface area contributed by atoms with E-state index in [0.717, 1.165) is 6.07 Å². The molecule has 0 radical (unpaired) electrons. The van der Waals surface area contributed by atoms with Crippen LogP contribution in [-0.4, -0.2) is 19.9 Å². The van der Waals surface area contributed by atoms with E-state index in [9.17, 15) is 4.39 Å². The van der Waals surface area contributed by atoms with Crippen molar-refractivity contribution in [2.24, 2.45) is 0 Å². The fraction of sp³-hybridized carbons (Fsp3) is 0.417. The van der Waals surface area contributed by atoms with E-state index in [0.29, 0.717) is 0 Å². The molecule has 5 heteroatoms. The van der Waals surface area contributed by atoms with Gasteiger partial charge in [0.2, 0.25) is 0 Å². The van der Waals surface area contributed by atoms with Crippen LogP contribution in [0.5, 0.6) is 11.5 Å². The van der Waals surface area contributed by atoms with Gasteiger partial charge in [-0.05, 0) is 6.92 Å². The summed E-state index contributed by atoms with van der Waals surface area (Å²) in [6, 6.07) is 1.16. The summed E-state index contributed by atoms with van der Waals surface area (Å²) in [5.41, 5.74) is 5.87. The summed E-state index contributed by atoms with van der Waals surface area (Å²) in [5.74, 6) is -0.115. The maximum atomic E-state index is 13.5. The Morgan fingerprint density at radius 1 is 1.29 bits per heavy atom. The Morgan fingerprint density at radius 3 is 2.18 bits per heavy atom. The minimum absolute atomic E-state index is 0.0472. The first-order valence-corrected chi connectivity index (χ1v) is 5.28. The van der Waals surface area contributed by atoms with Gasteiger partial charge in [-0.15, -0.1) is 0 Å². The molecule has 0 atom stereocenters. The highest BCUT2D eigenvalue weighted by Gasteiger charge is 2.18. The van der Waals surface area contributed by atoms with E-state index in [1.165, 1.54) is 21.1 Å². The van der Waals surface area contributed by atoms with Crippen LogP contribution >= 0.6 is 0 Å². The molecule has 0 aromatic heterocycles. The second kappa shape index (κ2) is 6.73. The molecule has 1 aromatic carbocycles. The van der Waals surface area contributed by atoms with Crippen molar-refractivity contribution in [1.29, 1.82) is 5.41 Å². The largest absolute Gasteiger partial charge is 0.493 e. The van der Waals surface area contributed by atoms with Gasteiger partial charge in [-0.25, -0.2) is 4.39 Å². The zero-order valence-corrected chi connectivity index (χ0v) is 10.8. The van der Waals surface area contributed by atoms with Gasteiger partial charge in [0.25, 0.3) is 0 Å². The van der Waals surface area contributed by atoms with E-state index in [1.807, 2.05) is 13.8 Å². The number of nitrogen functional groups attached to an aromatic ring is 1. The van der Waals surface area contributed by atoms with E-state index >= 15 is 0 Å². The number of ether oxygens (including phenoxy) is 2. The van der Waals surface area contributed by atoms with Crippen molar-refractivity contribution in [2.75, 3.05) is 20.0 Å². The van der Waals surface area contributed by atoms with E-state index < -0.39 is 5.82 Å². The van der Waals surface area contributed by atoms with Crippen LogP contribution in [0.3, 0.4) is 0 Å². The van der Waals surface area contributed by atoms with Gasteiger partial charge in [-0.1, -0.05) is 13.8 Å². The molecule has 0 fully saturated rings. The molecule has 0 saturated heterocycles. The van der Waals surface area contributed by atoms with Gasteiger partial charge in [-0.2, -0.15) is 0 Å². The fourth-order valence-corrected chi connectivity index (χ4v) is 1.37. The zero-order valence-electron chi connectivity index (χ0n) is 10.8. The molecule has 0 amide bonds. The van der Waals surface area contributed by atoms with Gasteiger partial charge in [0.15, 0.2) is 11.5 Å². The molecule has 17 heavy (non-hydrogen) atoms. The number of benzene rings is 1. The van der Waals surface area contributed by atoms with Crippen LogP contribution in [0.25, 0.3) is 0 Å². The SMILES string of the molecule is CC.COc1cc(F)c(C(C)=N)c(N)c1OC. The van der Waals surface area contributed by atoms with E-state index in [2.05, 4.69) is 0 Å². The molecular weight excluding hydrogens is 223 g/mol. The number of nitrogens with one attached hydrogen (secondary N) is 1. The molecule has 0 heterocycles. The standard InChI is InChI=1S/C10H13FN2O2.C2H6/c1-5(12)8-6(11)4-7(14-2)10(15-3)9(8)13;1-2/h4,12H,13H2,1-3H3;1-2H3. The van der Waals surface area contributed by atoms with Crippen molar-refractivity contribution < 1.29 is 13.9 Å². The van der Waals surface area contributed by atoms with E-state index in [1.54, 1.807) is 0 Å². The first-order chi connectivity index (χ1) is 8.02. The summed E-state index contributed by atoms with van der Waals surface area (Å²) in [7, 11) is 2.81. The van der Waals surface area contributed by atoms with Crippen molar-refractivity contribution in [2.45, 2.75) is 20.8 Å². The Balaban J connectivity index is 0.00000121. The van der Waals surface area contributed by atoms with Crippen LogP contribution in [0.15, 0.2) is 6.07 Å². The Labute approximate surface area is 101 Å². The zero-order chi connectivity index (χ0) is 13.6. The second-order valence-corrected chi connectivity index (χ2v) is 3.01. The maximum absolute atomic E-state index is 13.5. The summed E-state index contributed by atoms with van der Waals surface area (Å²) >= 11 is 0. The summed E-state index contributed by atoms with van der Waals surface area (Å²) in [6.45, 7) is 5.46. The highest BCUT2D eigenvalue weighted by Crippen LogP contribution is 2.37. The summed E-state index contributed by atoms with van der Waals surface area (Å²) in [6.07, 6.45) is 0. The van der Waals surface area contributed by atoms with Crippen LogP contribution < -0.4 is 15.2 Å². The third-order valence-electron chi connectivity index (χ3n) is 2.03. The molecule has 1 aromatic rings. The quantitative estimate of drug-likeness (QED) is 0.632. The molecule has 3 N–H and O–H groups in total. The van der Waals surface area contributed by atoms with Crippen molar-refractivity contribution in [3.63, 3.8) is 0 Å². The normalized spacial score (nSPS) is 9.06. The molecule has 0 aliphatic carbocycles. The third kappa shape index (κ3) is 3.09. The fourth-order valence-electron chi connectivity index (χ4n) is 1.37. The lowest BCUT2D eigenvalue weighted by molar-refractivity contribution is 0.354. The molecule has 0 aliphatic heterocycles. The Kier molecular flexibility index (Phi) is 6.02. The van der Waals surface area contributed by atoms with Crippen LogP contribution in [0.4, 0.5) is 10.1 Å². The lowest BCUT2D eigenvalue weighted by Crippen LogP contribution is -2.07. The number of methoxy groups -OCH3 is 2. The molecule has 1 rings (SSSR count). The van der Waals surface area contributed by atoms with Gasteiger partial charge in [-0.3, -0.25) is 0 Å².